The maximum atomic E-state index is 11.6. The molecule has 1 aromatic rings. The van der Waals surface area contributed by atoms with Crippen molar-refractivity contribution in [3.05, 3.63) is 29.3 Å². The van der Waals surface area contributed by atoms with E-state index in [4.69, 9.17) is 5.73 Å². The molecule has 1 aliphatic rings. The van der Waals surface area contributed by atoms with Crippen molar-refractivity contribution < 1.29 is 8.42 Å². The van der Waals surface area contributed by atoms with E-state index in [1.807, 2.05) is 18.2 Å². The van der Waals surface area contributed by atoms with E-state index in [9.17, 15) is 8.42 Å². The van der Waals surface area contributed by atoms with E-state index in [1.54, 1.807) is 6.92 Å². The number of hydrogen-bond acceptors (Lipinski definition) is 3. The number of fused-ring (bicyclic) bond motifs is 1. The van der Waals surface area contributed by atoms with Gasteiger partial charge in [0.1, 0.15) is 0 Å². The summed E-state index contributed by atoms with van der Waals surface area (Å²) in [5.41, 5.74) is 8.72. The molecule has 1 aliphatic carbocycles. The number of hydrogen-bond donors (Lipinski definition) is 2. The molecule has 0 aromatic heterocycles. The lowest BCUT2D eigenvalue weighted by Gasteiger charge is -2.26. The number of aryl methyl sites for hydroxylation is 1. The zero-order valence-corrected chi connectivity index (χ0v) is 12.0. The Hall–Kier alpha value is -0.780. The van der Waals surface area contributed by atoms with Crippen LogP contribution in [-0.2, 0) is 16.4 Å². The summed E-state index contributed by atoms with van der Waals surface area (Å²) in [5.74, 6) is 0.119. The van der Waals surface area contributed by atoms with Gasteiger partial charge in [-0.25, -0.2) is 13.1 Å². The Labute approximate surface area is 114 Å². The zero-order valence-electron chi connectivity index (χ0n) is 10.3. The van der Waals surface area contributed by atoms with Crippen LogP contribution in [0.25, 0.3) is 0 Å². The molecule has 2 rings (SSSR count). The van der Waals surface area contributed by atoms with E-state index in [0.29, 0.717) is 0 Å². The summed E-state index contributed by atoms with van der Waals surface area (Å²) >= 11 is 0. The maximum Gasteiger partial charge on any atom is 0.211 e. The van der Waals surface area contributed by atoms with Crippen LogP contribution < -0.4 is 10.5 Å². The van der Waals surface area contributed by atoms with Crippen molar-refractivity contribution in [3.8, 4) is 0 Å². The molecule has 18 heavy (non-hydrogen) atoms. The predicted octanol–water partition coefficient (Wildman–Crippen LogP) is 2.01. The average Bonchev–Trinajstić information content (AvgIpc) is 2.28. The van der Waals surface area contributed by atoms with Gasteiger partial charge in [-0.05, 0) is 49.4 Å². The Morgan fingerprint density at radius 3 is 2.83 bits per heavy atom. The number of halogens is 1. The van der Waals surface area contributed by atoms with Crippen LogP contribution in [-0.4, -0.2) is 14.2 Å². The monoisotopic (exact) mass is 290 g/mol. The second kappa shape index (κ2) is 5.91. The van der Waals surface area contributed by atoms with Crippen LogP contribution in [0.3, 0.4) is 0 Å². The molecule has 0 spiro atoms. The zero-order chi connectivity index (χ0) is 12.5. The number of anilines is 1. The third-order valence-electron chi connectivity index (χ3n) is 3.18. The Morgan fingerprint density at radius 2 is 2.17 bits per heavy atom. The fraction of sp³-hybridized carbons (Fsp3) is 0.500. The van der Waals surface area contributed by atoms with E-state index in [-0.39, 0.29) is 24.2 Å². The van der Waals surface area contributed by atoms with Crippen LogP contribution in [0.15, 0.2) is 18.2 Å². The lowest BCUT2D eigenvalue weighted by molar-refractivity contribution is 0.508. The molecule has 0 saturated carbocycles. The Kier molecular flexibility index (Phi) is 5.01. The summed E-state index contributed by atoms with van der Waals surface area (Å²) in [6.45, 7) is 1.65. The molecule has 0 heterocycles. The van der Waals surface area contributed by atoms with Gasteiger partial charge in [-0.15, -0.1) is 12.4 Å². The maximum absolute atomic E-state index is 11.6. The number of sulfonamides is 1. The fourth-order valence-electron chi connectivity index (χ4n) is 2.26. The molecule has 0 saturated heterocycles. The smallest absolute Gasteiger partial charge is 0.211 e. The van der Waals surface area contributed by atoms with Crippen molar-refractivity contribution in [2.24, 2.45) is 0 Å². The quantitative estimate of drug-likeness (QED) is 0.837. The molecule has 0 aliphatic heterocycles. The van der Waals surface area contributed by atoms with Crippen LogP contribution >= 0.6 is 12.4 Å². The van der Waals surface area contributed by atoms with E-state index in [0.717, 1.165) is 30.5 Å². The molecule has 0 amide bonds. The predicted molar refractivity (Wildman–Crippen MR) is 76.4 cm³/mol. The highest BCUT2D eigenvalue weighted by atomic mass is 35.5. The third-order valence-corrected chi connectivity index (χ3v) is 4.59. The van der Waals surface area contributed by atoms with Gasteiger partial charge >= 0.3 is 0 Å². The van der Waals surface area contributed by atoms with Gasteiger partial charge in [0.2, 0.25) is 10.0 Å². The van der Waals surface area contributed by atoms with Crippen molar-refractivity contribution in [2.45, 2.75) is 32.2 Å². The summed E-state index contributed by atoms with van der Waals surface area (Å²) in [6.07, 6.45) is 2.83. The van der Waals surface area contributed by atoms with Gasteiger partial charge < -0.3 is 5.73 Å². The SMILES string of the molecule is CCS(=O)(=O)NC1CCCc2cc(N)ccc21.Cl. The van der Waals surface area contributed by atoms with Gasteiger partial charge in [0.15, 0.2) is 0 Å². The largest absolute Gasteiger partial charge is 0.399 e. The molecular formula is C12H19ClN2O2S. The van der Waals surface area contributed by atoms with Crippen LogP contribution in [0.4, 0.5) is 5.69 Å². The first-order chi connectivity index (χ1) is 8.02. The van der Waals surface area contributed by atoms with Crippen molar-refractivity contribution in [1.29, 1.82) is 0 Å². The Balaban J connectivity index is 0.00000162. The van der Waals surface area contributed by atoms with Gasteiger partial charge in [0.05, 0.1) is 5.75 Å². The van der Waals surface area contributed by atoms with Crippen molar-refractivity contribution in [2.75, 3.05) is 11.5 Å². The third kappa shape index (κ3) is 3.37. The van der Waals surface area contributed by atoms with Gasteiger partial charge in [-0.2, -0.15) is 0 Å². The minimum absolute atomic E-state index is 0. The number of nitrogens with one attached hydrogen (secondary N) is 1. The number of benzene rings is 1. The molecule has 1 aromatic carbocycles. The summed E-state index contributed by atoms with van der Waals surface area (Å²) in [6, 6.07) is 5.62. The first kappa shape index (κ1) is 15.3. The molecule has 1 unspecified atom stereocenters. The van der Waals surface area contributed by atoms with Gasteiger partial charge in [0, 0.05) is 11.7 Å². The Morgan fingerprint density at radius 1 is 1.44 bits per heavy atom. The molecule has 0 radical (unpaired) electrons. The van der Waals surface area contributed by atoms with Gasteiger partial charge in [-0.1, -0.05) is 6.07 Å². The number of nitrogen functional groups attached to an aromatic ring is 1. The molecule has 102 valence electrons. The second-order valence-electron chi connectivity index (χ2n) is 4.42. The van der Waals surface area contributed by atoms with Crippen molar-refractivity contribution >= 4 is 28.1 Å². The standard InChI is InChI=1S/C12H18N2O2S.ClH/c1-2-17(15,16)14-12-5-3-4-9-8-10(13)6-7-11(9)12;/h6-8,12,14H,2-5,13H2,1H3;1H. The summed E-state index contributed by atoms with van der Waals surface area (Å²) in [5, 5.41) is 0. The lowest BCUT2D eigenvalue weighted by Crippen LogP contribution is -2.32. The van der Waals surface area contributed by atoms with Gasteiger partial charge in [0.25, 0.3) is 0 Å². The molecule has 0 fully saturated rings. The normalized spacial score (nSPS) is 18.8. The summed E-state index contributed by atoms with van der Waals surface area (Å²) in [4.78, 5) is 0. The van der Waals surface area contributed by atoms with Crippen LogP contribution in [0.1, 0.15) is 36.9 Å². The lowest BCUT2D eigenvalue weighted by atomic mass is 9.88. The minimum Gasteiger partial charge on any atom is -0.399 e. The van der Waals surface area contributed by atoms with Crippen LogP contribution in [0.2, 0.25) is 0 Å². The number of nitrogens with two attached hydrogens (primary N) is 1. The minimum atomic E-state index is -3.15. The highest BCUT2D eigenvalue weighted by Crippen LogP contribution is 2.31. The van der Waals surface area contributed by atoms with Gasteiger partial charge in [-0.3, -0.25) is 0 Å². The average molecular weight is 291 g/mol. The molecule has 0 bridgehead atoms. The topological polar surface area (TPSA) is 72.2 Å². The van der Waals surface area contributed by atoms with E-state index in [1.165, 1.54) is 5.56 Å². The summed E-state index contributed by atoms with van der Waals surface area (Å²) < 4.78 is 26.0. The highest BCUT2D eigenvalue weighted by molar-refractivity contribution is 7.89. The molecular weight excluding hydrogens is 272 g/mol. The Bertz CT molecular complexity index is 517. The first-order valence-corrected chi connectivity index (χ1v) is 7.55. The molecule has 4 nitrogen and oxygen atoms in total. The second-order valence-corrected chi connectivity index (χ2v) is 6.47. The summed E-state index contributed by atoms with van der Waals surface area (Å²) in [7, 11) is -3.15. The van der Waals surface area contributed by atoms with Crippen LogP contribution in [0.5, 0.6) is 0 Å². The van der Waals surface area contributed by atoms with E-state index in [2.05, 4.69) is 4.72 Å². The number of rotatable bonds is 3. The highest BCUT2D eigenvalue weighted by Gasteiger charge is 2.23. The van der Waals surface area contributed by atoms with Crippen LogP contribution in [0, 0.1) is 0 Å². The molecule has 6 heteroatoms. The first-order valence-electron chi connectivity index (χ1n) is 5.90. The fourth-order valence-corrected chi connectivity index (χ4v) is 3.10. The molecule has 3 N–H and O–H groups in total. The molecule has 1 atom stereocenters. The van der Waals surface area contributed by atoms with E-state index >= 15 is 0 Å². The van der Waals surface area contributed by atoms with Crippen molar-refractivity contribution in [1.82, 2.24) is 4.72 Å². The van der Waals surface area contributed by atoms with Crippen molar-refractivity contribution in [3.63, 3.8) is 0 Å². The van der Waals surface area contributed by atoms with E-state index < -0.39 is 10.0 Å².